The Morgan fingerprint density at radius 3 is 2.72 bits per heavy atom. The summed E-state index contributed by atoms with van der Waals surface area (Å²) in [4.78, 5) is 8.33. The van der Waals surface area contributed by atoms with Crippen LogP contribution in [0.3, 0.4) is 0 Å². The second-order valence-corrected chi connectivity index (χ2v) is 4.12. The normalized spacial score (nSPS) is 10.7. The van der Waals surface area contributed by atoms with Crippen LogP contribution in [0.4, 0.5) is 11.6 Å². The Morgan fingerprint density at radius 2 is 2.11 bits per heavy atom. The van der Waals surface area contributed by atoms with E-state index in [2.05, 4.69) is 39.7 Å². The van der Waals surface area contributed by atoms with Gasteiger partial charge >= 0.3 is 0 Å². The van der Waals surface area contributed by atoms with Crippen LogP contribution in [0.15, 0.2) is 23.1 Å². The molecule has 0 aliphatic carbocycles. The lowest BCUT2D eigenvalue weighted by Crippen LogP contribution is -2.15. The molecule has 2 rings (SSSR count). The Hall–Kier alpha value is -2.15. The molecule has 7 heteroatoms. The first-order valence-electron chi connectivity index (χ1n) is 5.67. The largest absolute Gasteiger partial charge is 0.362 e. The number of hydrogen-bond donors (Lipinski definition) is 3. The van der Waals surface area contributed by atoms with Gasteiger partial charge in [0.05, 0.1) is 12.7 Å². The standard InChI is InChI=1S/C11H16N6O/c1-7(2)9-10(14-6-15-11(9)17-12)13-5-8-3-4-16-18-8/h3-4,6-7H,5,12H2,1-2H3,(H2,13,14,15,17). The maximum atomic E-state index is 5.45. The summed E-state index contributed by atoms with van der Waals surface area (Å²) in [5.74, 6) is 7.80. The number of rotatable bonds is 5. The third-order valence-corrected chi connectivity index (χ3v) is 2.52. The molecule has 0 amide bonds. The van der Waals surface area contributed by atoms with Gasteiger partial charge in [0.2, 0.25) is 0 Å². The first kappa shape index (κ1) is 12.3. The maximum Gasteiger partial charge on any atom is 0.155 e. The SMILES string of the molecule is CC(C)c1c(NN)ncnc1NCc1ccno1. The van der Waals surface area contributed by atoms with Gasteiger partial charge in [0.15, 0.2) is 5.76 Å². The van der Waals surface area contributed by atoms with Crippen molar-refractivity contribution in [1.82, 2.24) is 15.1 Å². The van der Waals surface area contributed by atoms with E-state index in [0.717, 1.165) is 17.1 Å². The molecule has 96 valence electrons. The predicted octanol–water partition coefficient (Wildman–Crippen LogP) is 1.49. The molecule has 2 heterocycles. The van der Waals surface area contributed by atoms with E-state index in [1.54, 1.807) is 12.3 Å². The van der Waals surface area contributed by atoms with Gasteiger partial charge in [0, 0.05) is 11.6 Å². The average molecular weight is 248 g/mol. The third kappa shape index (κ3) is 2.57. The quantitative estimate of drug-likeness (QED) is 0.544. The van der Waals surface area contributed by atoms with Gasteiger partial charge in [-0.3, -0.25) is 0 Å². The molecule has 0 aliphatic heterocycles. The summed E-state index contributed by atoms with van der Waals surface area (Å²) in [6.07, 6.45) is 3.07. The minimum Gasteiger partial charge on any atom is -0.362 e. The van der Waals surface area contributed by atoms with Gasteiger partial charge in [-0.1, -0.05) is 19.0 Å². The van der Waals surface area contributed by atoms with E-state index < -0.39 is 0 Å². The first-order chi connectivity index (χ1) is 8.72. The lowest BCUT2D eigenvalue weighted by atomic mass is 10.0. The fourth-order valence-electron chi connectivity index (χ4n) is 1.70. The lowest BCUT2D eigenvalue weighted by Gasteiger charge is -2.15. The molecule has 2 aromatic heterocycles. The van der Waals surface area contributed by atoms with E-state index in [0.29, 0.717) is 12.4 Å². The van der Waals surface area contributed by atoms with Gasteiger partial charge in [-0.05, 0) is 5.92 Å². The first-order valence-corrected chi connectivity index (χ1v) is 5.67. The van der Waals surface area contributed by atoms with Gasteiger partial charge in [0.25, 0.3) is 0 Å². The number of aromatic nitrogens is 3. The van der Waals surface area contributed by atoms with Gasteiger partial charge in [-0.15, -0.1) is 0 Å². The van der Waals surface area contributed by atoms with Crippen molar-refractivity contribution in [3.8, 4) is 0 Å². The molecule has 0 atom stereocenters. The van der Waals surface area contributed by atoms with Crippen molar-refractivity contribution >= 4 is 11.6 Å². The monoisotopic (exact) mass is 248 g/mol. The zero-order valence-electron chi connectivity index (χ0n) is 10.3. The van der Waals surface area contributed by atoms with Crippen molar-refractivity contribution in [3.05, 3.63) is 29.9 Å². The summed E-state index contributed by atoms with van der Waals surface area (Å²) >= 11 is 0. The molecule has 0 saturated carbocycles. The van der Waals surface area contributed by atoms with Crippen LogP contribution in [0.1, 0.15) is 31.1 Å². The minimum atomic E-state index is 0.245. The number of hydrogen-bond acceptors (Lipinski definition) is 7. The molecule has 0 saturated heterocycles. The summed E-state index contributed by atoms with van der Waals surface area (Å²) in [5, 5.41) is 6.84. The van der Waals surface area contributed by atoms with E-state index >= 15 is 0 Å². The number of nitrogen functional groups attached to an aromatic ring is 1. The van der Waals surface area contributed by atoms with Gasteiger partial charge in [-0.25, -0.2) is 15.8 Å². The Bertz CT molecular complexity index is 496. The van der Waals surface area contributed by atoms with Crippen LogP contribution in [-0.2, 0) is 6.54 Å². The molecule has 2 aromatic rings. The Labute approximate surface area is 105 Å². The Kier molecular flexibility index (Phi) is 3.73. The molecule has 4 N–H and O–H groups in total. The molecule has 0 aromatic carbocycles. The molecule has 0 bridgehead atoms. The van der Waals surface area contributed by atoms with Crippen molar-refractivity contribution in [2.24, 2.45) is 5.84 Å². The van der Waals surface area contributed by atoms with E-state index in [4.69, 9.17) is 10.4 Å². The van der Waals surface area contributed by atoms with Crippen molar-refractivity contribution < 1.29 is 4.52 Å². The average Bonchev–Trinajstić information content (AvgIpc) is 2.88. The summed E-state index contributed by atoms with van der Waals surface area (Å²) in [5.41, 5.74) is 3.53. The Morgan fingerprint density at radius 1 is 1.33 bits per heavy atom. The highest BCUT2D eigenvalue weighted by atomic mass is 16.5. The van der Waals surface area contributed by atoms with Crippen molar-refractivity contribution in [2.75, 3.05) is 10.7 Å². The fraction of sp³-hybridized carbons (Fsp3) is 0.364. The van der Waals surface area contributed by atoms with Crippen LogP contribution in [0, 0.1) is 0 Å². The second-order valence-electron chi connectivity index (χ2n) is 4.12. The van der Waals surface area contributed by atoms with Crippen molar-refractivity contribution in [3.63, 3.8) is 0 Å². The summed E-state index contributed by atoms with van der Waals surface area (Å²) in [6, 6.07) is 1.80. The van der Waals surface area contributed by atoms with Crippen LogP contribution >= 0.6 is 0 Å². The Balaban J connectivity index is 2.21. The van der Waals surface area contributed by atoms with Crippen LogP contribution in [0.2, 0.25) is 0 Å². The highest BCUT2D eigenvalue weighted by molar-refractivity contribution is 5.58. The molecule has 0 aliphatic rings. The van der Waals surface area contributed by atoms with Crippen molar-refractivity contribution in [2.45, 2.75) is 26.3 Å². The molecule has 0 fully saturated rings. The summed E-state index contributed by atoms with van der Waals surface area (Å²) < 4.78 is 5.02. The summed E-state index contributed by atoms with van der Waals surface area (Å²) in [6.45, 7) is 4.62. The number of nitrogens with one attached hydrogen (secondary N) is 2. The van der Waals surface area contributed by atoms with Gasteiger partial charge < -0.3 is 15.3 Å². The number of nitrogens with two attached hydrogens (primary N) is 1. The fourth-order valence-corrected chi connectivity index (χ4v) is 1.70. The van der Waals surface area contributed by atoms with E-state index in [1.807, 2.05) is 0 Å². The van der Waals surface area contributed by atoms with Crippen LogP contribution < -0.4 is 16.6 Å². The molecule has 0 spiro atoms. The summed E-state index contributed by atoms with van der Waals surface area (Å²) in [7, 11) is 0. The number of nitrogens with zero attached hydrogens (tertiary/aromatic N) is 3. The number of anilines is 2. The van der Waals surface area contributed by atoms with E-state index in [9.17, 15) is 0 Å². The van der Waals surface area contributed by atoms with Gasteiger partial charge in [0.1, 0.15) is 18.0 Å². The van der Waals surface area contributed by atoms with E-state index in [1.165, 1.54) is 6.33 Å². The zero-order valence-corrected chi connectivity index (χ0v) is 10.3. The number of hydrazine groups is 1. The highest BCUT2D eigenvalue weighted by Crippen LogP contribution is 2.27. The van der Waals surface area contributed by atoms with Crippen LogP contribution in [0.25, 0.3) is 0 Å². The van der Waals surface area contributed by atoms with Gasteiger partial charge in [-0.2, -0.15) is 0 Å². The minimum absolute atomic E-state index is 0.245. The highest BCUT2D eigenvalue weighted by Gasteiger charge is 2.14. The lowest BCUT2D eigenvalue weighted by molar-refractivity contribution is 0.388. The maximum absolute atomic E-state index is 5.45. The molecule has 18 heavy (non-hydrogen) atoms. The topological polar surface area (TPSA) is 102 Å². The second kappa shape index (κ2) is 5.46. The van der Waals surface area contributed by atoms with E-state index in [-0.39, 0.29) is 5.92 Å². The molecular formula is C11H16N6O. The third-order valence-electron chi connectivity index (χ3n) is 2.52. The predicted molar refractivity (Wildman–Crippen MR) is 67.8 cm³/mol. The molecule has 0 unspecified atom stereocenters. The molecular weight excluding hydrogens is 232 g/mol. The van der Waals surface area contributed by atoms with Crippen LogP contribution in [-0.4, -0.2) is 15.1 Å². The molecule has 7 nitrogen and oxygen atoms in total. The van der Waals surface area contributed by atoms with Crippen molar-refractivity contribution in [1.29, 1.82) is 0 Å². The molecule has 0 radical (unpaired) electrons. The zero-order chi connectivity index (χ0) is 13.0. The van der Waals surface area contributed by atoms with Crippen LogP contribution in [0.5, 0.6) is 0 Å². The smallest absolute Gasteiger partial charge is 0.155 e.